The standard InChI is InChI=1S/C26H35NO3.C24H31NO3/c1-2-29-26(28)21-13-15-27(16-14-21)19-20-9-10-23-18-25(12-11-22(23)17-20)30-24-7-5-3-4-6-8-24;26-24(27)19-11-13-25(14-12-19)17-18-7-8-21-16-23(10-9-20(21)15-18)28-22-5-3-1-2-4-6-22/h9-12,17-18,21,24H,2-8,13-16,19H2,1H3;7-10,15-16,19,22H,1-6,11-14,17H2,(H,26,27). The summed E-state index contributed by atoms with van der Waals surface area (Å²) in [5.41, 5.74) is 2.62. The van der Waals surface area contributed by atoms with Crippen molar-refractivity contribution in [2.24, 2.45) is 11.8 Å². The monoisotopic (exact) mass is 790 g/mol. The third-order valence-electron chi connectivity index (χ3n) is 12.9. The Hall–Kier alpha value is -4.14. The average molecular weight is 791 g/mol. The van der Waals surface area contributed by atoms with E-state index >= 15 is 0 Å². The van der Waals surface area contributed by atoms with Crippen molar-refractivity contribution in [1.82, 2.24) is 9.80 Å². The van der Waals surface area contributed by atoms with Gasteiger partial charge in [0.05, 0.1) is 30.7 Å². The van der Waals surface area contributed by atoms with Crippen molar-refractivity contribution < 1.29 is 28.9 Å². The van der Waals surface area contributed by atoms with Gasteiger partial charge in [0, 0.05) is 13.1 Å². The maximum Gasteiger partial charge on any atom is 0.309 e. The molecule has 0 radical (unpaired) electrons. The van der Waals surface area contributed by atoms with Crippen molar-refractivity contribution in [1.29, 1.82) is 0 Å². The Balaban J connectivity index is 0.000000177. The van der Waals surface area contributed by atoms with Gasteiger partial charge in [0.1, 0.15) is 11.5 Å². The molecule has 8 nitrogen and oxygen atoms in total. The number of hydrogen-bond acceptors (Lipinski definition) is 7. The van der Waals surface area contributed by atoms with Gasteiger partial charge >= 0.3 is 11.9 Å². The van der Waals surface area contributed by atoms with E-state index in [4.69, 9.17) is 19.3 Å². The first-order valence-electron chi connectivity index (χ1n) is 22.6. The lowest BCUT2D eigenvalue weighted by atomic mass is 9.96. The van der Waals surface area contributed by atoms with E-state index in [0.717, 1.165) is 76.5 Å². The van der Waals surface area contributed by atoms with E-state index in [1.54, 1.807) is 0 Å². The van der Waals surface area contributed by atoms with Gasteiger partial charge in [-0.25, -0.2) is 0 Å². The van der Waals surface area contributed by atoms with Gasteiger partial charge in [-0.1, -0.05) is 62.1 Å². The Bertz CT molecular complexity index is 1910. The summed E-state index contributed by atoms with van der Waals surface area (Å²) >= 11 is 0. The summed E-state index contributed by atoms with van der Waals surface area (Å²) in [5.74, 6) is 1.23. The lowest BCUT2D eigenvalue weighted by molar-refractivity contribution is -0.149. The minimum Gasteiger partial charge on any atom is -0.490 e. The second kappa shape index (κ2) is 21.2. The lowest BCUT2D eigenvalue weighted by Gasteiger charge is -2.30. The van der Waals surface area contributed by atoms with E-state index in [0.29, 0.717) is 18.8 Å². The minimum absolute atomic E-state index is 0.0234. The number of carboxylic acid groups (broad SMARTS) is 1. The summed E-state index contributed by atoms with van der Waals surface area (Å²) in [6.07, 6.45) is 19.3. The normalized spacial score (nSPS) is 19.8. The van der Waals surface area contributed by atoms with E-state index < -0.39 is 5.97 Å². The molecule has 0 atom stereocenters. The number of benzene rings is 4. The maximum absolute atomic E-state index is 11.9. The Morgan fingerprint density at radius 1 is 0.534 bits per heavy atom. The largest absolute Gasteiger partial charge is 0.490 e. The molecule has 4 aliphatic rings. The zero-order chi connectivity index (χ0) is 40.1. The Kier molecular flexibility index (Phi) is 15.4. The molecule has 0 bridgehead atoms. The fourth-order valence-electron chi connectivity index (χ4n) is 9.44. The molecule has 2 aliphatic heterocycles. The Labute approximate surface area is 346 Å². The molecular weight excluding hydrogens is 725 g/mol. The number of fused-ring (bicyclic) bond motifs is 2. The second-order valence-electron chi connectivity index (χ2n) is 17.3. The summed E-state index contributed by atoms with van der Waals surface area (Å²) in [6, 6.07) is 26.3. The predicted molar refractivity (Wildman–Crippen MR) is 232 cm³/mol. The highest BCUT2D eigenvalue weighted by molar-refractivity contribution is 5.85. The van der Waals surface area contributed by atoms with Crippen LogP contribution in [0.5, 0.6) is 11.5 Å². The molecule has 4 aromatic rings. The van der Waals surface area contributed by atoms with Crippen LogP contribution >= 0.6 is 0 Å². The van der Waals surface area contributed by atoms with Crippen LogP contribution in [-0.2, 0) is 27.4 Å². The molecule has 0 spiro atoms. The van der Waals surface area contributed by atoms with Gasteiger partial charge in [-0.05, 0) is 179 Å². The highest BCUT2D eigenvalue weighted by Crippen LogP contribution is 2.30. The smallest absolute Gasteiger partial charge is 0.309 e. The number of likely N-dealkylation sites (tertiary alicyclic amines) is 2. The number of carbonyl (C=O) groups is 2. The lowest BCUT2D eigenvalue weighted by Crippen LogP contribution is -2.36. The van der Waals surface area contributed by atoms with Gasteiger partial charge in [-0.2, -0.15) is 0 Å². The number of hydrogen-bond donors (Lipinski definition) is 1. The zero-order valence-corrected chi connectivity index (χ0v) is 34.9. The fraction of sp³-hybridized carbons (Fsp3) is 0.560. The second-order valence-corrected chi connectivity index (χ2v) is 17.3. The van der Waals surface area contributed by atoms with Crippen LogP contribution in [0.2, 0.25) is 0 Å². The van der Waals surface area contributed by atoms with Gasteiger partial charge in [0.15, 0.2) is 0 Å². The van der Waals surface area contributed by atoms with Crippen LogP contribution in [0.4, 0.5) is 0 Å². The van der Waals surface area contributed by atoms with Crippen LogP contribution in [-0.4, -0.2) is 71.8 Å². The first-order chi connectivity index (χ1) is 28.4. The molecule has 1 N–H and O–H groups in total. The fourth-order valence-corrected chi connectivity index (χ4v) is 9.44. The number of carbonyl (C=O) groups excluding carboxylic acids is 1. The number of rotatable bonds is 11. The number of ether oxygens (including phenoxy) is 3. The molecule has 8 rings (SSSR count). The van der Waals surface area contributed by atoms with Gasteiger partial charge in [0.25, 0.3) is 0 Å². The minimum atomic E-state index is -0.646. The molecule has 8 heteroatoms. The third-order valence-corrected chi connectivity index (χ3v) is 12.9. The number of piperidine rings is 2. The van der Waals surface area contributed by atoms with Crippen molar-refractivity contribution in [2.45, 2.75) is 135 Å². The van der Waals surface area contributed by atoms with Gasteiger partial charge in [-0.15, -0.1) is 0 Å². The van der Waals surface area contributed by atoms with Crippen molar-refractivity contribution in [3.8, 4) is 11.5 Å². The number of nitrogens with zero attached hydrogens (tertiary/aromatic N) is 2. The number of carboxylic acids is 1. The molecule has 0 amide bonds. The first-order valence-corrected chi connectivity index (χ1v) is 22.6. The van der Waals surface area contributed by atoms with Crippen molar-refractivity contribution >= 4 is 33.5 Å². The van der Waals surface area contributed by atoms with Crippen LogP contribution in [0.1, 0.15) is 121 Å². The first kappa shape index (κ1) is 42.0. The van der Waals surface area contributed by atoms with Gasteiger partial charge < -0.3 is 19.3 Å². The van der Waals surface area contributed by atoms with E-state index in [-0.39, 0.29) is 17.8 Å². The van der Waals surface area contributed by atoms with E-state index in [9.17, 15) is 9.59 Å². The van der Waals surface area contributed by atoms with Gasteiger partial charge in [0.2, 0.25) is 0 Å². The molecule has 0 aromatic heterocycles. The van der Waals surface area contributed by atoms with E-state index in [1.807, 2.05) is 6.92 Å². The molecule has 2 heterocycles. The highest BCUT2D eigenvalue weighted by atomic mass is 16.5. The molecular formula is C50H66N2O6. The molecule has 4 fully saturated rings. The van der Waals surface area contributed by atoms with Crippen molar-refractivity contribution in [3.63, 3.8) is 0 Å². The topological polar surface area (TPSA) is 88.5 Å². The third kappa shape index (κ3) is 12.2. The predicted octanol–water partition coefficient (Wildman–Crippen LogP) is 11.0. The molecule has 58 heavy (non-hydrogen) atoms. The van der Waals surface area contributed by atoms with Crippen LogP contribution < -0.4 is 9.47 Å². The molecule has 2 aliphatic carbocycles. The summed E-state index contributed by atoms with van der Waals surface area (Å²) in [6.45, 7) is 7.81. The molecule has 312 valence electrons. The van der Waals surface area contributed by atoms with Crippen LogP contribution in [0.3, 0.4) is 0 Å². The van der Waals surface area contributed by atoms with E-state index in [2.05, 4.69) is 82.6 Å². The van der Waals surface area contributed by atoms with E-state index in [1.165, 1.54) is 110 Å². The number of esters is 1. The van der Waals surface area contributed by atoms with Crippen molar-refractivity contribution in [2.75, 3.05) is 32.8 Å². The SMILES string of the molecule is CCOC(=O)C1CCN(Cc2ccc3cc(OC4CCCCCC4)ccc3c2)CC1.O=C(O)C1CCN(Cc2ccc3cc(OC4CCCCCC4)ccc3c2)CC1. The summed E-state index contributed by atoms with van der Waals surface area (Å²) in [5, 5.41) is 14.1. The Morgan fingerprint density at radius 2 is 0.931 bits per heavy atom. The van der Waals surface area contributed by atoms with Gasteiger partial charge in [-0.3, -0.25) is 19.4 Å². The van der Waals surface area contributed by atoms with Crippen molar-refractivity contribution in [3.05, 3.63) is 83.9 Å². The van der Waals surface area contributed by atoms with Crippen LogP contribution in [0, 0.1) is 11.8 Å². The Morgan fingerprint density at radius 3 is 1.34 bits per heavy atom. The average Bonchev–Trinajstić information content (AvgIpc) is 3.67. The number of aliphatic carboxylic acids is 1. The highest BCUT2D eigenvalue weighted by Gasteiger charge is 2.26. The quantitative estimate of drug-likeness (QED) is 0.119. The molecule has 0 unspecified atom stereocenters. The summed E-state index contributed by atoms with van der Waals surface area (Å²) in [4.78, 5) is 27.8. The van der Waals surface area contributed by atoms with Crippen LogP contribution in [0.15, 0.2) is 72.8 Å². The van der Waals surface area contributed by atoms with Crippen LogP contribution in [0.25, 0.3) is 21.5 Å². The summed E-state index contributed by atoms with van der Waals surface area (Å²) < 4.78 is 17.7. The zero-order valence-electron chi connectivity index (χ0n) is 34.9. The maximum atomic E-state index is 11.9. The molecule has 2 saturated carbocycles. The molecule has 2 saturated heterocycles. The molecule has 4 aromatic carbocycles. The summed E-state index contributed by atoms with van der Waals surface area (Å²) in [7, 11) is 0.